The van der Waals surface area contributed by atoms with Gasteiger partial charge in [-0.2, -0.15) is 0 Å². The Morgan fingerprint density at radius 2 is 1.80 bits per heavy atom. The summed E-state index contributed by atoms with van der Waals surface area (Å²) < 4.78 is 27.9. The number of hydrogen-bond acceptors (Lipinski definition) is 3. The van der Waals surface area contributed by atoms with E-state index >= 15 is 0 Å². The van der Waals surface area contributed by atoms with E-state index in [0.717, 1.165) is 17.8 Å². The van der Waals surface area contributed by atoms with Crippen molar-refractivity contribution < 1.29 is 8.42 Å². The first-order valence-electron chi connectivity index (χ1n) is 8.32. The van der Waals surface area contributed by atoms with Crippen molar-refractivity contribution in [1.82, 2.24) is 4.72 Å². The van der Waals surface area contributed by atoms with Gasteiger partial charge in [-0.1, -0.05) is 23.7 Å². The summed E-state index contributed by atoms with van der Waals surface area (Å²) in [6, 6.07) is 11.5. The summed E-state index contributed by atoms with van der Waals surface area (Å²) in [5.41, 5.74) is 3.68. The van der Waals surface area contributed by atoms with Gasteiger partial charge in [0.1, 0.15) is 0 Å². The van der Waals surface area contributed by atoms with Gasteiger partial charge in [-0.3, -0.25) is 0 Å². The zero-order valence-electron chi connectivity index (χ0n) is 15.1. The molecule has 1 N–H and O–H groups in total. The highest BCUT2D eigenvalue weighted by Gasteiger charge is 2.18. The molecule has 0 aliphatic rings. The summed E-state index contributed by atoms with van der Waals surface area (Å²) in [4.78, 5) is 2.43. The molecule has 4 nitrogen and oxygen atoms in total. The molecule has 6 heteroatoms. The molecule has 0 aliphatic heterocycles. The van der Waals surface area contributed by atoms with Crippen LogP contribution in [-0.4, -0.2) is 28.1 Å². The molecule has 0 aliphatic carbocycles. The molecule has 25 heavy (non-hydrogen) atoms. The maximum absolute atomic E-state index is 12.6. The predicted octanol–water partition coefficient (Wildman–Crippen LogP) is 4.07. The first kappa shape index (κ1) is 19.8. The summed E-state index contributed by atoms with van der Waals surface area (Å²) in [6.45, 7) is 9.41. The second-order valence-corrected chi connectivity index (χ2v) is 8.33. The summed E-state index contributed by atoms with van der Waals surface area (Å²) >= 11 is 6.06. The van der Waals surface area contributed by atoms with Gasteiger partial charge in [0, 0.05) is 30.3 Å². The minimum Gasteiger partial charge on any atom is -0.370 e. The Labute approximate surface area is 155 Å². The SMILES string of the molecule is CCN(CCNS(=O)(=O)c1cc(C)c(Cl)cc1C)c1cccc(C)c1. The number of likely N-dealkylation sites (N-methyl/N-ethyl adjacent to an activating group) is 1. The lowest BCUT2D eigenvalue weighted by Crippen LogP contribution is -2.35. The highest BCUT2D eigenvalue weighted by molar-refractivity contribution is 7.89. The van der Waals surface area contributed by atoms with E-state index in [4.69, 9.17) is 11.6 Å². The minimum absolute atomic E-state index is 0.285. The van der Waals surface area contributed by atoms with Crippen LogP contribution in [0, 0.1) is 20.8 Å². The molecule has 0 fully saturated rings. The average molecular weight is 381 g/mol. The molecule has 0 aromatic heterocycles. The Morgan fingerprint density at radius 1 is 1.08 bits per heavy atom. The Morgan fingerprint density at radius 3 is 2.44 bits per heavy atom. The van der Waals surface area contributed by atoms with Crippen molar-refractivity contribution in [2.24, 2.45) is 0 Å². The number of rotatable bonds is 7. The van der Waals surface area contributed by atoms with E-state index in [9.17, 15) is 8.42 Å². The van der Waals surface area contributed by atoms with Gasteiger partial charge in [-0.05, 0) is 68.7 Å². The average Bonchev–Trinajstić information content (AvgIpc) is 2.54. The van der Waals surface area contributed by atoms with Gasteiger partial charge in [0.2, 0.25) is 10.0 Å². The zero-order valence-corrected chi connectivity index (χ0v) is 16.7. The van der Waals surface area contributed by atoms with Crippen LogP contribution in [0.15, 0.2) is 41.3 Å². The van der Waals surface area contributed by atoms with Crippen molar-refractivity contribution in [1.29, 1.82) is 0 Å². The Kier molecular flexibility index (Phi) is 6.49. The summed E-state index contributed by atoms with van der Waals surface area (Å²) in [5, 5.41) is 0.577. The van der Waals surface area contributed by atoms with Crippen LogP contribution in [0.1, 0.15) is 23.6 Å². The summed E-state index contributed by atoms with van der Waals surface area (Å²) in [7, 11) is -3.56. The lowest BCUT2D eigenvalue weighted by Gasteiger charge is -2.23. The highest BCUT2D eigenvalue weighted by Crippen LogP contribution is 2.23. The molecule has 0 radical (unpaired) electrons. The van der Waals surface area contributed by atoms with E-state index in [2.05, 4.69) is 22.6 Å². The van der Waals surface area contributed by atoms with E-state index < -0.39 is 10.0 Å². The Balaban J connectivity index is 2.08. The fourth-order valence-corrected chi connectivity index (χ4v) is 4.28. The standard InChI is InChI=1S/C19H25ClN2O2S/c1-5-22(17-8-6-7-14(2)11-17)10-9-21-25(23,24)19-13-15(3)18(20)12-16(19)4/h6-8,11-13,21H,5,9-10H2,1-4H3. The predicted molar refractivity (Wildman–Crippen MR) is 105 cm³/mol. The number of anilines is 1. The molecule has 0 spiro atoms. The first-order valence-corrected chi connectivity index (χ1v) is 10.2. The Hall–Kier alpha value is -1.56. The van der Waals surface area contributed by atoms with Crippen LogP contribution in [0.3, 0.4) is 0 Å². The number of nitrogens with zero attached hydrogens (tertiary/aromatic N) is 1. The second kappa shape index (κ2) is 8.21. The van der Waals surface area contributed by atoms with Gasteiger partial charge >= 0.3 is 0 Å². The van der Waals surface area contributed by atoms with Crippen LogP contribution in [0.25, 0.3) is 0 Å². The molecule has 136 valence electrons. The molecule has 2 aromatic carbocycles. The fourth-order valence-electron chi connectivity index (χ4n) is 2.73. The molecular formula is C19H25ClN2O2S. The number of benzene rings is 2. The topological polar surface area (TPSA) is 49.4 Å². The van der Waals surface area contributed by atoms with Crippen molar-refractivity contribution in [2.45, 2.75) is 32.6 Å². The largest absolute Gasteiger partial charge is 0.370 e. The van der Waals surface area contributed by atoms with Crippen molar-refractivity contribution in [3.63, 3.8) is 0 Å². The number of hydrogen-bond donors (Lipinski definition) is 1. The van der Waals surface area contributed by atoms with Crippen LogP contribution in [0.5, 0.6) is 0 Å². The lowest BCUT2D eigenvalue weighted by atomic mass is 10.2. The van der Waals surface area contributed by atoms with E-state index in [1.165, 1.54) is 5.56 Å². The molecule has 2 aromatic rings. The van der Waals surface area contributed by atoms with Crippen LogP contribution in [0.2, 0.25) is 5.02 Å². The van der Waals surface area contributed by atoms with Gasteiger partial charge < -0.3 is 4.90 Å². The molecule has 0 amide bonds. The van der Waals surface area contributed by atoms with Gasteiger partial charge in [0.15, 0.2) is 0 Å². The number of sulfonamides is 1. The molecule has 0 saturated carbocycles. The normalized spacial score (nSPS) is 11.6. The maximum atomic E-state index is 12.6. The quantitative estimate of drug-likeness (QED) is 0.787. The summed E-state index contributed by atoms with van der Waals surface area (Å²) in [5.74, 6) is 0. The first-order chi connectivity index (χ1) is 11.7. The second-order valence-electron chi connectivity index (χ2n) is 6.18. The molecule has 0 heterocycles. The van der Waals surface area contributed by atoms with Gasteiger partial charge in [0.05, 0.1) is 4.90 Å². The third kappa shape index (κ3) is 4.97. The van der Waals surface area contributed by atoms with Gasteiger partial charge in [-0.25, -0.2) is 13.1 Å². The van der Waals surface area contributed by atoms with Crippen molar-refractivity contribution >= 4 is 27.3 Å². The zero-order chi connectivity index (χ0) is 18.6. The van der Waals surface area contributed by atoms with Crippen molar-refractivity contribution in [3.8, 4) is 0 Å². The van der Waals surface area contributed by atoms with Crippen LogP contribution in [0.4, 0.5) is 5.69 Å². The van der Waals surface area contributed by atoms with E-state index in [1.807, 2.05) is 25.1 Å². The van der Waals surface area contributed by atoms with Gasteiger partial charge in [-0.15, -0.1) is 0 Å². The number of nitrogens with one attached hydrogen (secondary N) is 1. The number of halogens is 1. The van der Waals surface area contributed by atoms with Crippen molar-refractivity contribution in [3.05, 3.63) is 58.1 Å². The fraction of sp³-hybridized carbons (Fsp3) is 0.368. The molecule has 0 saturated heterocycles. The molecule has 2 rings (SSSR count). The molecular weight excluding hydrogens is 356 g/mol. The van der Waals surface area contributed by atoms with Crippen LogP contribution >= 0.6 is 11.6 Å². The minimum atomic E-state index is -3.56. The molecule has 0 unspecified atom stereocenters. The molecule has 0 bridgehead atoms. The summed E-state index contributed by atoms with van der Waals surface area (Å²) in [6.07, 6.45) is 0. The molecule has 0 atom stereocenters. The number of aryl methyl sites for hydroxylation is 3. The van der Waals surface area contributed by atoms with E-state index in [0.29, 0.717) is 23.7 Å². The maximum Gasteiger partial charge on any atom is 0.240 e. The monoisotopic (exact) mass is 380 g/mol. The van der Waals surface area contributed by atoms with Crippen LogP contribution < -0.4 is 9.62 Å². The van der Waals surface area contributed by atoms with E-state index in [-0.39, 0.29) is 4.90 Å². The highest BCUT2D eigenvalue weighted by atomic mass is 35.5. The third-order valence-corrected chi connectivity index (χ3v) is 6.18. The smallest absolute Gasteiger partial charge is 0.240 e. The lowest BCUT2D eigenvalue weighted by molar-refractivity contribution is 0.580. The van der Waals surface area contributed by atoms with Gasteiger partial charge in [0.25, 0.3) is 0 Å². The van der Waals surface area contributed by atoms with E-state index in [1.54, 1.807) is 26.0 Å². The van der Waals surface area contributed by atoms with Crippen LogP contribution in [-0.2, 0) is 10.0 Å². The van der Waals surface area contributed by atoms with Crippen molar-refractivity contribution in [2.75, 3.05) is 24.5 Å². The Bertz CT molecular complexity index is 850. The third-order valence-electron chi connectivity index (χ3n) is 4.17.